The van der Waals surface area contributed by atoms with E-state index in [0.29, 0.717) is 0 Å². The number of methoxy groups -OCH3 is 1. The second-order valence-corrected chi connectivity index (χ2v) is 6.24. The van der Waals surface area contributed by atoms with E-state index < -0.39 is 0 Å². The van der Waals surface area contributed by atoms with Crippen molar-refractivity contribution in [2.45, 2.75) is 38.8 Å². The Bertz CT molecular complexity index is 631. The normalized spacial score (nSPS) is 14.6. The third-order valence-electron chi connectivity index (χ3n) is 4.17. The fourth-order valence-corrected chi connectivity index (χ4v) is 2.87. The van der Waals surface area contributed by atoms with E-state index in [-0.39, 0.29) is 5.60 Å². The highest BCUT2D eigenvalue weighted by atomic mass is 16.5. The van der Waals surface area contributed by atoms with Crippen LogP contribution < -0.4 is 5.32 Å². The molecule has 0 aliphatic carbocycles. The van der Waals surface area contributed by atoms with E-state index in [1.165, 1.54) is 23.2 Å². The summed E-state index contributed by atoms with van der Waals surface area (Å²) in [5.41, 5.74) is 4.83. The Morgan fingerprint density at radius 3 is 3.05 bits per heavy atom. The summed E-state index contributed by atoms with van der Waals surface area (Å²) in [7, 11) is 1.75. The molecule has 1 aromatic carbocycles. The molecule has 3 rings (SSSR count). The summed E-state index contributed by atoms with van der Waals surface area (Å²) in [6.07, 6.45) is 6.18. The predicted molar refractivity (Wildman–Crippen MR) is 85.6 cm³/mol. The number of nitrogens with one attached hydrogen (secondary N) is 1. The summed E-state index contributed by atoms with van der Waals surface area (Å²) < 4.78 is 7.73. The number of hydrogen-bond acceptors (Lipinski definition) is 3. The lowest BCUT2D eigenvalue weighted by molar-refractivity contribution is 0.00848. The average molecular weight is 285 g/mol. The first-order valence-electron chi connectivity index (χ1n) is 7.52. The molecule has 1 aromatic heterocycles. The van der Waals surface area contributed by atoms with Crippen LogP contribution in [0.4, 0.5) is 5.69 Å². The number of ether oxygens (including phenoxy) is 1. The Labute approximate surface area is 126 Å². The molecular formula is C17H23N3O. The van der Waals surface area contributed by atoms with Gasteiger partial charge in [0.05, 0.1) is 30.4 Å². The van der Waals surface area contributed by atoms with E-state index in [2.05, 4.69) is 46.9 Å². The van der Waals surface area contributed by atoms with Crippen LogP contribution in [-0.2, 0) is 17.7 Å². The second-order valence-electron chi connectivity index (χ2n) is 6.24. The van der Waals surface area contributed by atoms with E-state index in [9.17, 15) is 0 Å². The van der Waals surface area contributed by atoms with Crippen molar-refractivity contribution in [1.82, 2.24) is 9.55 Å². The lowest BCUT2D eigenvalue weighted by atomic mass is 9.98. The van der Waals surface area contributed by atoms with Crippen LogP contribution in [0.3, 0.4) is 0 Å². The summed E-state index contributed by atoms with van der Waals surface area (Å²) in [4.78, 5) is 4.35. The van der Waals surface area contributed by atoms with Crippen molar-refractivity contribution in [2.24, 2.45) is 0 Å². The fraction of sp³-hybridized carbons (Fsp3) is 0.471. The number of nitrogens with zero attached hydrogens (tertiary/aromatic N) is 2. The molecule has 1 N–H and O–H groups in total. The van der Waals surface area contributed by atoms with Gasteiger partial charge in [-0.15, -0.1) is 0 Å². The SMILES string of the molecule is COC(C)(C)Cn1cncc1-c1cccc2c1NCCC2. The van der Waals surface area contributed by atoms with Gasteiger partial charge in [-0.25, -0.2) is 4.98 Å². The Morgan fingerprint density at radius 1 is 1.38 bits per heavy atom. The van der Waals surface area contributed by atoms with Gasteiger partial charge >= 0.3 is 0 Å². The molecule has 1 aliphatic heterocycles. The first kappa shape index (κ1) is 14.1. The van der Waals surface area contributed by atoms with Gasteiger partial charge in [-0.05, 0) is 32.3 Å². The van der Waals surface area contributed by atoms with Gasteiger partial charge < -0.3 is 14.6 Å². The number of aromatic nitrogens is 2. The maximum absolute atomic E-state index is 5.55. The minimum Gasteiger partial charge on any atom is -0.384 e. The van der Waals surface area contributed by atoms with Crippen LogP contribution in [0.15, 0.2) is 30.7 Å². The van der Waals surface area contributed by atoms with Crippen molar-refractivity contribution < 1.29 is 4.74 Å². The number of anilines is 1. The van der Waals surface area contributed by atoms with Gasteiger partial charge in [-0.3, -0.25) is 0 Å². The Kier molecular flexibility index (Phi) is 3.72. The highest BCUT2D eigenvalue weighted by molar-refractivity contribution is 5.79. The molecule has 0 fully saturated rings. The van der Waals surface area contributed by atoms with Crippen molar-refractivity contribution in [3.05, 3.63) is 36.3 Å². The van der Waals surface area contributed by atoms with Gasteiger partial charge in [0.15, 0.2) is 0 Å². The van der Waals surface area contributed by atoms with Gasteiger partial charge in [0.2, 0.25) is 0 Å². The highest BCUT2D eigenvalue weighted by Crippen LogP contribution is 2.34. The Morgan fingerprint density at radius 2 is 2.24 bits per heavy atom. The molecule has 1 aliphatic rings. The van der Waals surface area contributed by atoms with Gasteiger partial charge in [0, 0.05) is 24.9 Å². The molecule has 0 unspecified atom stereocenters. The van der Waals surface area contributed by atoms with Crippen LogP contribution in [0.1, 0.15) is 25.8 Å². The summed E-state index contributed by atoms with van der Waals surface area (Å²) in [6, 6.07) is 6.52. The molecule has 4 nitrogen and oxygen atoms in total. The molecule has 0 amide bonds. The third kappa shape index (κ3) is 2.81. The Balaban J connectivity index is 2.01. The minimum absolute atomic E-state index is 0.211. The quantitative estimate of drug-likeness (QED) is 0.936. The van der Waals surface area contributed by atoms with E-state index in [0.717, 1.165) is 25.2 Å². The number of fused-ring (bicyclic) bond motifs is 1. The molecule has 2 heterocycles. The first-order chi connectivity index (χ1) is 10.1. The maximum Gasteiger partial charge on any atom is 0.0951 e. The zero-order valence-corrected chi connectivity index (χ0v) is 13.0. The smallest absolute Gasteiger partial charge is 0.0951 e. The zero-order valence-electron chi connectivity index (χ0n) is 13.0. The van der Waals surface area contributed by atoms with E-state index in [4.69, 9.17) is 4.74 Å². The van der Waals surface area contributed by atoms with Gasteiger partial charge in [0.25, 0.3) is 0 Å². The Hall–Kier alpha value is -1.81. The summed E-state index contributed by atoms with van der Waals surface area (Å²) in [5.74, 6) is 0. The number of benzene rings is 1. The topological polar surface area (TPSA) is 39.1 Å². The van der Waals surface area contributed by atoms with Crippen molar-refractivity contribution >= 4 is 5.69 Å². The molecule has 4 heteroatoms. The lowest BCUT2D eigenvalue weighted by Crippen LogP contribution is -2.29. The van der Waals surface area contributed by atoms with Crippen LogP contribution in [-0.4, -0.2) is 28.8 Å². The molecular weight excluding hydrogens is 262 g/mol. The molecule has 21 heavy (non-hydrogen) atoms. The minimum atomic E-state index is -0.211. The molecule has 2 aromatic rings. The lowest BCUT2D eigenvalue weighted by Gasteiger charge is -2.26. The monoisotopic (exact) mass is 285 g/mol. The molecule has 0 radical (unpaired) electrons. The molecule has 0 bridgehead atoms. The highest BCUT2D eigenvalue weighted by Gasteiger charge is 2.21. The molecule has 0 saturated carbocycles. The van der Waals surface area contributed by atoms with E-state index >= 15 is 0 Å². The van der Waals surface area contributed by atoms with Crippen LogP contribution in [0.5, 0.6) is 0 Å². The van der Waals surface area contributed by atoms with Gasteiger partial charge in [-0.2, -0.15) is 0 Å². The maximum atomic E-state index is 5.55. The fourth-order valence-electron chi connectivity index (χ4n) is 2.87. The van der Waals surface area contributed by atoms with Crippen LogP contribution in [0, 0.1) is 0 Å². The zero-order chi connectivity index (χ0) is 14.9. The number of para-hydroxylation sites is 1. The summed E-state index contributed by atoms with van der Waals surface area (Å²) in [6.45, 7) is 6.01. The second kappa shape index (κ2) is 5.53. The average Bonchev–Trinajstić information content (AvgIpc) is 2.94. The van der Waals surface area contributed by atoms with E-state index in [1.54, 1.807) is 7.11 Å². The molecule has 112 valence electrons. The number of imidazole rings is 1. The summed E-state index contributed by atoms with van der Waals surface area (Å²) in [5, 5.41) is 3.55. The standard InChI is InChI=1S/C17H23N3O/c1-17(2,21-3)11-20-12-18-10-15(20)14-8-4-6-13-7-5-9-19-16(13)14/h4,6,8,10,12,19H,5,7,9,11H2,1-3H3. The van der Waals surface area contributed by atoms with Gasteiger partial charge in [0.1, 0.15) is 0 Å². The largest absolute Gasteiger partial charge is 0.384 e. The first-order valence-corrected chi connectivity index (χ1v) is 7.52. The van der Waals surface area contributed by atoms with Crippen LogP contribution in [0.25, 0.3) is 11.3 Å². The molecule has 0 atom stereocenters. The van der Waals surface area contributed by atoms with Crippen LogP contribution >= 0.6 is 0 Å². The van der Waals surface area contributed by atoms with Crippen molar-refractivity contribution in [3.63, 3.8) is 0 Å². The summed E-state index contributed by atoms with van der Waals surface area (Å²) >= 11 is 0. The van der Waals surface area contributed by atoms with Crippen LogP contribution in [0.2, 0.25) is 0 Å². The molecule has 0 saturated heterocycles. The molecule has 0 spiro atoms. The van der Waals surface area contributed by atoms with Crippen molar-refractivity contribution in [1.29, 1.82) is 0 Å². The number of rotatable bonds is 4. The van der Waals surface area contributed by atoms with Crippen molar-refractivity contribution in [2.75, 3.05) is 19.0 Å². The van der Waals surface area contributed by atoms with E-state index in [1.807, 2.05) is 12.5 Å². The van der Waals surface area contributed by atoms with Crippen molar-refractivity contribution in [3.8, 4) is 11.3 Å². The third-order valence-corrected chi connectivity index (χ3v) is 4.17. The predicted octanol–water partition coefficient (Wildman–Crippen LogP) is 3.33. The van der Waals surface area contributed by atoms with Gasteiger partial charge in [-0.1, -0.05) is 18.2 Å². The number of aryl methyl sites for hydroxylation is 1. The number of hydrogen-bond donors (Lipinski definition) is 1.